The number of aromatic nitrogens is 2. The molecule has 2 N–H and O–H groups in total. The Morgan fingerprint density at radius 3 is 2.88 bits per heavy atom. The highest BCUT2D eigenvalue weighted by molar-refractivity contribution is 7.99. The lowest BCUT2D eigenvalue weighted by molar-refractivity contribution is 0.276. The predicted octanol–water partition coefficient (Wildman–Crippen LogP) is 0.665. The van der Waals surface area contributed by atoms with E-state index < -0.39 is 0 Å². The maximum Gasteiger partial charge on any atom is 0.0564 e. The third-order valence-electron chi connectivity index (χ3n) is 2.68. The third-order valence-corrected chi connectivity index (χ3v) is 3.84. The molecule has 0 aromatic carbocycles. The Morgan fingerprint density at radius 2 is 2.38 bits per heavy atom. The molecular weight excluding hydrogens is 222 g/mol. The van der Waals surface area contributed by atoms with Crippen LogP contribution in [0, 0.1) is 0 Å². The number of hydrogen-bond acceptors (Lipinski definition) is 4. The van der Waals surface area contributed by atoms with Crippen molar-refractivity contribution in [3.05, 3.63) is 18.0 Å². The van der Waals surface area contributed by atoms with Gasteiger partial charge in [0, 0.05) is 24.5 Å². The van der Waals surface area contributed by atoms with Gasteiger partial charge in [0.1, 0.15) is 0 Å². The Hall–Kier alpha value is -0.520. The van der Waals surface area contributed by atoms with Gasteiger partial charge in [-0.05, 0) is 31.7 Å². The topological polar surface area (TPSA) is 50.1 Å². The number of hydrogen-bond donors (Lipinski definition) is 2. The Balaban J connectivity index is 2.24. The van der Waals surface area contributed by atoms with E-state index in [1.54, 1.807) is 11.8 Å². The van der Waals surface area contributed by atoms with Gasteiger partial charge in [-0.2, -0.15) is 16.9 Å². The highest BCUT2D eigenvalue weighted by Crippen LogP contribution is 2.10. The third kappa shape index (κ3) is 4.15. The van der Waals surface area contributed by atoms with Crippen molar-refractivity contribution in [3.63, 3.8) is 0 Å². The minimum Gasteiger partial charge on any atom is -0.395 e. The molecule has 1 rings (SSSR count). The second-order valence-corrected chi connectivity index (χ2v) is 5.05. The fourth-order valence-corrected chi connectivity index (χ4v) is 2.27. The van der Waals surface area contributed by atoms with E-state index >= 15 is 0 Å². The van der Waals surface area contributed by atoms with Gasteiger partial charge in [0.05, 0.1) is 12.8 Å². The summed E-state index contributed by atoms with van der Waals surface area (Å²) >= 11 is 1.70. The van der Waals surface area contributed by atoms with Gasteiger partial charge in [-0.25, -0.2) is 0 Å². The summed E-state index contributed by atoms with van der Waals surface area (Å²) in [6, 6.07) is 0.330. The van der Waals surface area contributed by atoms with E-state index in [1.807, 2.05) is 30.4 Å². The zero-order valence-corrected chi connectivity index (χ0v) is 11.0. The fourth-order valence-electron chi connectivity index (χ4n) is 1.61. The van der Waals surface area contributed by atoms with Crippen molar-refractivity contribution < 1.29 is 5.11 Å². The molecule has 0 amide bonds. The molecule has 0 bridgehead atoms. The molecule has 2 unspecified atom stereocenters. The number of aliphatic hydroxyl groups is 1. The van der Waals surface area contributed by atoms with Crippen LogP contribution in [0.15, 0.2) is 12.4 Å². The summed E-state index contributed by atoms with van der Waals surface area (Å²) in [6.45, 7) is 3.26. The Kier molecular flexibility index (Phi) is 5.87. The summed E-state index contributed by atoms with van der Waals surface area (Å²) in [5, 5.41) is 17.0. The van der Waals surface area contributed by atoms with Crippen LogP contribution in [0.3, 0.4) is 0 Å². The molecule has 5 heteroatoms. The van der Waals surface area contributed by atoms with Gasteiger partial charge < -0.3 is 10.4 Å². The highest BCUT2D eigenvalue weighted by atomic mass is 32.2. The quantitative estimate of drug-likeness (QED) is 0.739. The molecule has 0 radical (unpaired) electrons. The van der Waals surface area contributed by atoms with E-state index in [1.165, 1.54) is 5.56 Å². The Bertz CT molecular complexity index is 299. The van der Waals surface area contributed by atoms with E-state index in [0.29, 0.717) is 6.04 Å². The van der Waals surface area contributed by atoms with Gasteiger partial charge in [0.2, 0.25) is 0 Å². The maximum atomic E-state index is 9.14. The van der Waals surface area contributed by atoms with Crippen LogP contribution < -0.4 is 5.32 Å². The molecule has 2 atom stereocenters. The van der Waals surface area contributed by atoms with Gasteiger partial charge in [-0.3, -0.25) is 4.68 Å². The van der Waals surface area contributed by atoms with Gasteiger partial charge >= 0.3 is 0 Å². The molecule has 0 saturated heterocycles. The fraction of sp³-hybridized carbons (Fsp3) is 0.727. The largest absolute Gasteiger partial charge is 0.395 e. The SMILES string of the molecule is CSC(CO)C(C)NCCc1cnn(C)c1. The van der Waals surface area contributed by atoms with Crippen molar-refractivity contribution in [1.29, 1.82) is 0 Å². The number of nitrogens with zero attached hydrogens (tertiary/aromatic N) is 2. The first-order valence-electron chi connectivity index (χ1n) is 5.52. The molecule has 4 nitrogen and oxygen atoms in total. The Labute approximate surface area is 101 Å². The molecule has 0 fully saturated rings. The van der Waals surface area contributed by atoms with Crippen LogP contribution in [0.4, 0.5) is 0 Å². The maximum absolute atomic E-state index is 9.14. The molecule has 92 valence electrons. The standard InChI is InChI=1S/C11H21N3OS/c1-9(11(8-15)16-3)12-5-4-10-6-13-14(2)7-10/h6-7,9,11-12,15H,4-5,8H2,1-3H3. The number of thioether (sulfide) groups is 1. The zero-order chi connectivity index (χ0) is 12.0. The van der Waals surface area contributed by atoms with Crippen LogP contribution in [0.25, 0.3) is 0 Å². The molecule has 0 saturated carbocycles. The van der Waals surface area contributed by atoms with Crippen molar-refractivity contribution in [2.45, 2.75) is 24.6 Å². The van der Waals surface area contributed by atoms with Gasteiger partial charge in [0.25, 0.3) is 0 Å². The first-order chi connectivity index (χ1) is 7.67. The average Bonchev–Trinajstić information content (AvgIpc) is 2.66. The van der Waals surface area contributed by atoms with Crippen LogP contribution >= 0.6 is 11.8 Å². The normalized spacial score (nSPS) is 15.0. The van der Waals surface area contributed by atoms with E-state index in [-0.39, 0.29) is 11.9 Å². The Morgan fingerprint density at radius 1 is 1.62 bits per heavy atom. The summed E-state index contributed by atoms with van der Waals surface area (Å²) in [4.78, 5) is 0. The van der Waals surface area contributed by atoms with E-state index in [9.17, 15) is 0 Å². The van der Waals surface area contributed by atoms with Crippen molar-refractivity contribution in [1.82, 2.24) is 15.1 Å². The molecule has 0 aliphatic heterocycles. The summed E-state index contributed by atoms with van der Waals surface area (Å²) < 4.78 is 1.82. The van der Waals surface area contributed by atoms with Crippen molar-refractivity contribution >= 4 is 11.8 Å². The second-order valence-electron chi connectivity index (χ2n) is 3.97. The number of nitrogens with one attached hydrogen (secondary N) is 1. The molecule has 0 aliphatic carbocycles. The zero-order valence-electron chi connectivity index (χ0n) is 10.2. The molecule has 1 aromatic rings. The lowest BCUT2D eigenvalue weighted by atomic mass is 10.2. The summed E-state index contributed by atoms with van der Waals surface area (Å²) in [7, 11) is 1.93. The molecule has 0 spiro atoms. The van der Waals surface area contributed by atoms with Crippen LogP contribution in [-0.2, 0) is 13.5 Å². The molecule has 1 aromatic heterocycles. The smallest absolute Gasteiger partial charge is 0.0564 e. The van der Waals surface area contributed by atoms with Gasteiger partial charge in [-0.1, -0.05) is 0 Å². The lowest BCUT2D eigenvalue weighted by Gasteiger charge is -2.21. The molecular formula is C11H21N3OS. The van der Waals surface area contributed by atoms with Gasteiger partial charge in [0.15, 0.2) is 0 Å². The molecule has 16 heavy (non-hydrogen) atoms. The van der Waals surface area contributed by atoms with Crippen LogP contribution in [0.2, 0.25) is 0 Å². The van der Waals surface area contributed by atoms with Crippen LogP contribution in [-0.4, -0.2) is 45.6 Å². The van der Waals surface area contributed by atoms with Gasteiger partial charge in [-0.15, -0.1) is 0 Å². The highest BCUT2D eigenvalue weighted by Gasteiger charge is 2.13. The lowest BCUT2D eigenvalue weighted by Crippen LogP contribution is -2.38. The van der Waals surface area contributed by atoms with Crippen LogP contribution in [0.5, 0.6) is 0 Å². The predicted molar refractivity (Wildman–Crippen MR) is 68.8 cm³/mol. The number of rotatable bonds is 7. The minimum absolute atomic E-state index is 0.224. The summed E-state index contributed by atoms with van der Waals surface area (Å²) in [6.07, 6.45) is 6.93. The summed E-state index contributed by atoms with van der Waals surface area (Å²) in [5.74, 6) is 0. The summed E-state index contributed by atoms with van der Waals surface area (Å²) in [5.41, 5.74) is 1.24. The molecule has 1 heterocycles. The number of aliphatic hydroxyl groups excluding tert-OH is 1. The van der Waals surface area contributed by atoms with E-state index in [0.717, 1.165) is 13.0 Å². The van der Waals surface area contributed by atoms with Crippen molar-refractivity contribution in [2.75, 3.05) is 19.4 Å². The van der Waals surface area contributed by atoms with Crippen LogP contribution in [0.1, 0.15) is 12.5 Å². The first kappa shape index (κ1) is 13.5. The molecule has 0 aliphatic rings. The number of aryl methyl sites for hydroxylation is 1. The first-order valence-corrected chi connectivity index (χ1v) is 6.80. The second kappa shape index (κ2) is 6.93. The minimum atomic E-state index is 0.224. The monoisotopic (exact) mass is 243 g/mol. The van der Waals surface area contributed by atoms with E-state index in [2.05, 4.69) is 17.3 Å². The van der Waals surface area contributed by atoms with Crippen molar-refractivity contribution in [2.24, 2.45) is 7.05 Å². The average molecular weight is 243 g/mol. The van der Waals surface area contributed by atoms with Crippen molar-refractivity contribution in [3.8, 4) is 0 Å². The van der Waals surface area contributed by atoms with E-state index in [4.69, 9.17) is 5.11 Å².